The van der Waals surface area contributed by atoms with Crippen molar-refractivity contribution >= 4 is 17.4 Å². The second-order valence-electron chi connectivity index (χ2n) is 4.89. The molecular weight excluding hydrogens is 234 g/mol. The molecule has 0 aliphatic heterocycles. The molecular formula is C13H20ClN3. The molecule has 0 bridgehead atoms. The van der Waals surface area contributed by atoms with Gasteiger partial charge in [-0.1, -0.05) is 24.9 Å². The molecule has 0 saturated heterocycles. The fraction of sp³-hybridized carbons (Fsp3) is 0.692. The monoisotopic (exact) mass is 253 g/mol. The second kappa shape index (κ2) is 5.21. The fourth-order valence-electron chi connectivity index (χ4n) is 2.32. The van der Waals surface area contributed by atoms with Crippen molar-refractivity contribution in [2.75, 3.05) is 18.5 Å². The van der Waals surface area contributed by atoms with E-state index in [9.17, 15) is 0 Å². The molecule has 1 saturated carbocycles. The SMILES string of the molecule is CCc1c(Cl)nc(C)nc1N(C)CC1CCC1. The van der Waals surface area contributed by atoms with Crippen molar-refractivity contribution in [3.05, 3.63) is 16.5 Å². The summed E-state index contributed by atoms with van der Waals surface area (Å²) in [7, 11) is 2.11. The molecule has 0 atom stereocenters. The quantitative estimate of drug-likeness (QED) is 0.772. The average Bonchev–Trinajstić information content (AvgIpc) is 2.22. The van der Waals surface area contributed by atoms with E-state index in [1.807, 2.05) is 6.92 Å². The van der Waals surface area contributed by atoms with Gasteiger partial charge in [0, 0.05) is 19.2 Å². The molecule has 0 amide bonds. The van der Waals surface area contributed by atoms with Gasteiger partial charge in [0.2, 0.25) is 0 Å². The molecule has 0 N–H and O–H groups in total. The molecule has 4 heteroatoms. The van der Waals surface area contributed by atoms with Crippen LogP contribution in [0.25, 0.3) is 0 Å². The Morgan fingerprint density at radius 2 is 2.06 bits per heavy atom. The second-order valence-corrected chi connectivity index (χ2v) is 5.25. The van der Waals surface area contributed by atoms with Crippen molar-refractivity contribution in [2.45, 2.75) is 39.5 Å². The molecule has 0 spiro atoms. The Kier molecular flexibility index (Phi) is 3.87. The summed E-state index contributed by atoms with van der Waals surface area (Å²) >= 11 is 6.19. The van der Waals surface area contributed by atoms with Crippen LogP contribution in [0.5, 0.6) is 0 Å². The first-order chi connectivity index (χ1) is 8.11. The number of aromatic nitrogens is 2. The molecule has 17 heavy (non-hydrogen) atoms. The first kappa shape index (κ1) is 12.6. The minimum Gasteiger partial charge on any atom is -0.359 e. The third kappa shape index (κ3) is 2.71. The lowest BCUT2D eigenvalue weighted by molar-refractivity contribution is 0.321. The zero-order valence-corrected chi connectivity index (χ0v) is 11.6. The van der Waals surface area contributed by atoms with E-state index >= 15 is 0 Å². The van der Waals surface area contributed by atoms with Gasteiger partial charge < -0.3 is 4.90 Å². The minimum absolute atomic E-state index is 0.607. The Labute approximate surface area is 108 Å². The summed E-state index contributed by atoms with van der Waals surface area (Å²) in [5, 5.41) is 0.607. The summed E-state index contributed by atoms with van der Waals surface area (Å²) in [6.45, 7) is 5.08. The van der Waals surface area contributed by atoms with Crippen LogP contribution in [0.3, 0.4) is 0 Å². The Balaban J connectivity index is 2.22. The molecule has 0 aromatic carbocycles. The van der Waals surface area contributed by atoms with Crippen molar-refractivity contribution < 1.29 is 0 Å². The maximum Gasteiger partial charge on any atom is 0.138 e. The van der Waals surface area contributed by atoms with E-state index in [-0.39, 0.29) is 0 Å². The molecule has 1 aliphatic carbocycles. The Hall–Kier alpha value is -0.830. The van der Waals surface area contributed by atoms with E-state index in [2.05, 4.69) is 28.8 Å². The topological polar surface area (TPSA) is 29.0 Å². The molecule has 0 unspecified atom stereocenters. The molecule has 1 aliphatic rings. The molecule has 1 fully saturated rings. The lowest BCUT2D eigenvalue weighted by Gasteiger charge is -2.31. The Morgan fingerprint density at radius 1 is 1.35 bits per heavy atom. The van der Waals surface area contributed by atoms with Gasteiger partial charge in [-0.25, -0.2) is 9.97 Å². The molecule has 3 nitrogen and oxygen atoms in total. The first-order valence-corrected chi connectivity index (χ1v) is 6.73. The normalized spacial score (nSPS) is 15.8. The summed E-state index contributed by atoms with van der Waals surface area (Å²) in [6.07, 6.45) is 4.96. The number of hydrogen-bond donors (Lipinski definition) is 0. The van der Waals surface area contributed by atoms with Crippen molar-refractivity contribution in [3.63, 3.8) is 0 Å². The third-order valence-electron chi connectivity index (χ3n) is 3.52. The predicted octanol–water partition coefficient (Wildman–Crippen LogP) is 3.24. The van der Waals surface area contributed by atoms with E-state index in [0.29, 0.717) is 5.15 Å². The number of nitrogens with zero attached hydrogens (tertiary/aromatic N) is 3. The summed E-state index contributed by atoms with van der Waals surface area (Å²) in [5.74, 6) is 2.60. The zero-order valence-electron chi connectivity index (χ0n) is 10.8. The molecule has 94 valence electrons. The van der Waals surface area contributed by atoms with Crippen LogP contribution < -0.4 is 4.90 Å². The smallest absolute Gasteiger partial charge is 0.138 e. The van der Waals surface area contributed by atoms with Gasteiger partial charge >= 0.3 is 0 Å². The highest BCUT2D eigenvalue weighted by atomic mass is 35.5. The number of rotatable bonds is 4. The van der Waals surface area contributed by atoms with Gasteiger partial charge in [0.05, 0.1) is 0 Å². The number of halogens is 1. The van der Waals surface area contributed by atoms with E-state index in [1.54, 1.807) is 0 Å². The van der Waals surface area contributed by atoms with Crippen molar-refractivity contribution in [1.82, 2.24) is 9.97 Å². The van der Waals surface area contributed by atoms with Gasteiger partial charge in [-0.05, 0) is 32.1 Å². The van der Waals surface area contributed by atoms with Gasteiger partial charge in [0.25, 0.3) is 0 Å². The van der Waals surface area contributed by atoms with Gasteiger partial charge in [-0.15, -0.1) is 0 Å². The predicted molar refractivity (Wildman–Crippen MR) is 71.8 cm³/mol. The summed E-state index contributed by atoms with van der Waals surface area (Å²) in [6, 6.07) is 0. The largest absolute Gasteiger partial charge is 0.359 e. The van der Waals surface area contributed by atoms with E-state index < -0.39 is 0 Å². The Morgan fingerprint density at radius 3 is 2.59 bits per heavy atom. The lowest BCUT2D eigenvalue weighted by atomic mass is 9.85. The van der Waals surface area contributed by atoms with Gasteiger partial charge in [0.1, 0.15) is 16.8 Å². The van der Waals surface area contributed by atoms with Gasteiger partial charge in [-0.3, -0.25) is 0 Å². The van der Waals surface area contributed by atoms with Crippen LogP contribution >= 0.6 is 11.6 Å². The number of anilines is 1. The van der Waals surface area contributed by atoms with Gasteiger partial charge in [0.15, 0.2) is 0 Å². The molecule has 1 heterocycles. The van der Waals surface area contributed by atoms with Crippen LogP contribution in [-0.4, -0.2) is 23.6 Å². The highest BCUT2D eigenvalue weighted by Gasteiger charge is 2.21. The standard InChI is InChI=1S/C13H20ClN3/c1-4-11-12(14)15-9(2)16-13(11)17(3)8-10-6-5-7-10/h10H,4-8H2,1-3H3. The van der Waals surface area contributed by atoms with Crippen LogP contribution in [0.2, 0.25) is 5.15 Å². The summed E-state index contributed by atoms with van der Waals surface area (Å²) in [4.78, 5) is 11.0. The van der Waals surface area contributed by atoms with Crippen molar-refractivity contribution in [3.8, 4) is 0 Å². The maximum atomic E-state index is 6.19. The zero-order chi connectivity index (χ0) is 12.4. The molecule has 0 radical (unpaired) electrons. The lowest BCUT2D eigenvalue weighted by Crippen LogP contribution is -2.30. The first-order valence-electron chi connectivity index (χ1n) is 6.36. The average molecular weight is 254 g/mol. The summed E-state index contributed by atoms with van der Waals surface area (Å²) < 4.78 is 0. The van der Waals surface area contributed by atoms with Crippen molar-refractivity contribution in [2.24, 2.45) is 5.92 Å². The Bertz CT molecular complexity index is 402. The van der Waals surface area contributed by atoms with E-state index in [0.717, 1.165) is 36.1 Å². The van der Waals surface area contributed by atoms with E-state index in [1.165, 1.54) is 19.3 Å². The maximum absolute atomic E-state index is 6.19. The number of aryl methyl sites for hydroxylation is 1. The fourth-order valence-corrected chi connectivity index (χ4v) is 2.66. The van der Waals surface area contributed by atoms with Crippen LogP contribution in [0.4, 0.5) is 5.82 Å². The van der Waals surface area contributed by atoms with Crippen LogP contribution in [0.1, 0.15) is 37.6 Å². The van der Waals surface area contributed by atoms with Crippen LogP contribution in [0.15, 0.2) is 0 Å². The summed E-state index contributed by atoms with van der Waals surface area (Å²) in [5.41, 5.74) is 1.07. The van der Waals surface area contributed by atoms with Crippen LogP contribution in [0, 0.1) is 12.8 Å². The molecule has 1 aromatic heterocycles. The van der Waals surface area contributed by atoms with Gasteiger partial charge in [-0.2, -0.15) is 0 Å². The minimum atomic E-state index is 0.607. The van der Waals surface area contributed by atoms with E-state index in [4.69, 9.17) is 11.6 Å². The van der Waals surface area contributed by atoms with Crippen molar-refractivity contribution in [1.29, 1.82) is 0 Å². The molecule has 2 rings (SSSR count). The highest BCUT2D eigenvalue weighted by molar-refractivity contribution is 6.30. The number of hydrogen-bond acceptors (Lipinski definition) is 3. The highest BCUT2D eigenvalue weighted by Crippen LogP contribution is 2.30. The molecule has 1 aromatic rings. The van der Waals surface area contributed by atoms with Crippen LogP contribution in [-0.2, 0) is 6.42 Å². The third-order valence-corrected chi connectivity index (χ3v) is 3.83.